The van der Waals surface area contributed by atoms with Crippen molar-refractivity contribution in [3.05, 3.63) is 47.5 Å². The maximum absolute atomic E-state index is 12.1. The number of benzene rings is 1. The molecule has 0 atom stereocenters. The number of Topliss-reactive ketones (excluding diaryl/α,β-unsaturated/α-hetero) is 1. The summed E-state index contributed by atoms with van der Waals surface area (Å²) in [6, 6.07) is 8.54. The van der Waals surface area contributed by atoms with Crippen molar-refractivity contribution < 1.29 is 4.79 Å². The van der Waals surface area contributed by atoms with Crippen LogP contribution in [0.15, 0.2) is 36.4 Å². The number of carbonyl (C=O) groups is 1. The van der Waals surface area contributed by atoms with Gasteiger partial charge in [0.1, 0.15) is 4.32 Å². The normalized spacial score (nSPS) is 9.53. The predicted molar refractivity (Wildman–Crippen MR) is 83.4 cm³/mol. The Balaban J connectivity index is 2.64. The number of thiocarbonyl (C=S) groups is 1. The molecule has 0 N–H and O–H groups in total. The van der Waals surface area contributed by atoms with Gasteiger partial charge in [0.25, 0.3) is 0 Å². The first kappa shape index (κ1) is 15.4. The van der Waals surface area contributed by atoms with Gasteiger partial charge in [0, 0.05) is 31.0 Å². The van der Waals surface area contributed by atoms with Crippen LogP contribution in [0.1, 0.15) is 15.9 Å². The highest BCUT2D eigenvalue weighted by atomic mass is 32.2. The predicted octanol–water partition coefficient (Wildman–Crippen LogP) is 2.88. The molecule has 0 radical (unpaired) electrons. The molecule has 5 heteroatoms. The van der Waals surface area contributed by atoms with E-state index in [0.29, 0.717) is 26.8 Å². The molecule has 0 spiro atoms. The number of thioether (sulfide) groups is 1. The minimum atomic E-state index is -0.112. The molecule has 0 aromatic heterocycles. The van der Waals surface area contributed by atoms with E-state index in [2.05, 4.69) is 6.58 Å². The van der Waals surface area contributed by atoms with E-state index in [0.717, 1.165) is 0 Å². The summed E-state index contributed by atoms with van der Waals surface area (Å²) in [7, 11) is 3.72. The second kappa shape index (κ2) is 7.07. The largest absolute Gasteiger partial charge is 0.364 e. The molecule has 0 amide bonds. The Hall–Kier alpha value is -1.64. The topological polar surface area (TPSA) is 44.1 Å². The maximum Gasteiger partial charge on any atom is 0.189 e. The van der Waals surface area contributed by atoms with Gasteiger partial charge in [0.05, 0.1) is 11.6 Å². The number of hydrogen-bond donors (Lipinski definition) is 0. The van der Waals surface area contributed by atoms with Gasteiger partial charge in [-0.05, 0) is 24.3 Å². The molecule has 0 aliphatic carbocycles. The molecule has 0 fully saturated rings. The zero-order valence-corrected chi connectivity index (χ0v) is 12.5. The molecule has 0 bridgehead atoms. The van der Waals surface area contributed by atoms with Gasteiger partial charge in [-0.3, -0.25) is 4.79 Å². The highest BCUT2D eigenvalue weighted by Gasteiger charge is 2.11. The summed E-state index contributed by atoms with van der Waals surface area (Å²) in [5.74, 6) is 0.356. The minimum absolute atomic E-state index is 0.112. The number of nitrogens with zero attached hydrogens (tertiary/aromatic N) is 2. The number of ketones is 1. The van der Waals surface area contributed by atoms with Crippen LogP contribution in [0, 0.1) is 11.3 Å². The van der Waals surface area contributed by atoms with Gasteiger partial charge in [-0.1, -0.05) is 30.6 Å². The first-order valence-electron chi connectivity index (χ1n) is 5.52. The van der Waals surface area contributed by atoms with Gasteiger partial charge in [-0.15, -0.1) is 0 Å². The van der Waals surface area contributed by atoms with Crippen LogP contribution >= 0.6 is 24.0 Å². The van der Waals surface area contributed by atoms with Crippen LogP contribution in [-0.2, 0) is 0 Å². The van der Waals surface area contributed by atoms with Crippen LogP contribution < -0.4 is 0 Å². The van der Waals surface area contributed by atoms with Gasteiger partial charge in [-0.25, -0.2) is 0 Å². The smallest absolute Gasteiger partial charge is 0.189 e. The van der Waals surface area contributed by atoms with Crippen molar-refractivity contribution in [2.75, 3.05) is 19.8 Å². The van der Waals surface area contributed by atoms with E-state index in [4.69, 9.17) is 17.5 Å². The van der Waals surface area contributed by atoms with Crippen molar-refractivity contribution in [2.45, 2.75) is 0 Å². The molecule has 0 saturated heterocycles. The van der Waals surface area contributed by atoms with Gasteiger partial charge in [0.15, 0.2) is 5.78 Å². The number of nitriles is 1. The maximum atomic E-state index is 12.1. The van der Waals surface area contributed by atoms with Crippen molar-refractivity contribution in [1.82, 2.24) is 4.90 Å². The summed E-state index contributed by atoms with van der Waals surface area (Å²) in [5, 5.41) is 8.70. The lowest BCUT2D eigenvalue weighted by molar-refractivity contribution is 0.103. The summed E-state index contributed by atoms with van der Waals surface area (Å²) >= 11 is 6.54. The summed E-state index contributed by atoms with van der Waals surface area (Å²) in [6.07, 6.45) is 0. The fourth-order valence-electron chi connectivity index (χ4n) is 1.24. The van der Waals surface area contributed by atoms with E-state index in [9.17, 15) is 4.79 Å². The highest BCUT2D eigenvalue weighted by molar-refractivity contribution is 8.23. The highest BCUT2D eigenvalue weighted by Crippen LogP contribution is 2.15. The number of rotatable bonds is 4. The van der Waals surface area contributed by atoms with Gasteiger partial charge in [0.2, 0.25) is 0 Å². The van der Waals surface area contributed by atoms with E-state index in [1.807, 2.05) is 25.1 Å². The molecule has 19 heavy (non-hydrogen) atoms. The second-order valence-electron chi connectivity index (χ2n) is 4.07. The summed E-state index contributed by atoms with van der Waals surface area (Å²) < 4.78 is 0.716. The molecular formula is C14H14N2OS2. The molecule has 98 valence electrons. The first-order valence-corrected chi connectivity index (χ1v) is 6.92. The molecule has 0 aliphatic heterocycles. The van der Waals surface area contributed by atoms with Crippen LogP contribution in [0.2, 0.25) is 0 Å². The third-order valence-corrected chi connectivity index (χ3v) is 4.16. The first-order chi connectivity index (χ1) is 8.95. The third kappa shape index (κ3) is 4.51. The summed E-state index contributed by atoms with van der Waals surface area (Å²) in [4.78, 5) is 13.9. The lowest BCUT2D eigenvalue weighted by Gasteiger charge is -2.13. The molecule has 0 saturated carbocycles. The van der Waals surface area contributed by atoms with E-state index >= 15 is 0 Å². The van der Waals surface area contributed by atoms with Crippen LogP contribution in [0.4, 0.5) is 0 Å². The fraction of sp³-hybridized carbons (Fsp3) is 0.214. The zero-order valence-electron chi connectivity index (χ0n) is 10.8. The van der Waals surface area contributed by atoms with Crippen molar-refractivity contribution >= 4 is 34.1 Å². The molecule has 1 aromatic carbocycles. The van der Waals surface area contributed by atoms with Crippen molar-refractivity contribution in [3.63, 3.8) is 0 Å². The zero-order chi connectivity index (χ0) is 14.4. The Labute approximate surface area is 122 Å². The second-order valence-corrected chi connectivity index (χ2v) is 5.68. The molecule has 1 aromatic rings. The average molecular weight is 290 g/mol. The van der Waals surface area contributed by atoms with Crippen LogP contribution in [0.25, 0.3) is 0 Å². The van der Waals surface area contributed by atoms with Gasteiger partial charge < -0.3 is 4.90 Å². The van der Waals surface area contributed by atoms with Gasteiger partial charge in [-0.2, -0.15) is 5.26 Å². The molecule has 3 nitrogen and oxygen atoms in total. The Bertz CT molecular complexity index is 542. The SMILES string of the molecule is C=C(CSC(=S)N(C)C)C(=O)c1ccc(C#N)cc1. The van der Waals surface area contributed by atoms with Crippen LogP contribution in [0.5, 0.6) is 0 Å². The Morgan fingerprint density at radius 2 is 2.00 bits per heavy atom. The van der Waals surface area contributed by atoms with Gasteiger partial charge >= 0.3 is 0 Å². The third-order valence-electron chi connectivity index (χ3n) is 2.33. The van der Waals surface area contributed by atoms with Crippen molar-refractivity contribution in [1.29, 1.82) is 5.26 Å². The summed E-state index contributed by atoms with van der Waals surface area (Å²) in [6.45, 7) is 3.79. The van der Waals surface area contributed by atoms with Crippen LogP contribution in [0.3, 0.4) is 0 Å². The number of carbonyl (C=O) groups excluding carboxylic acids is 1. The number of hydrogen-bond acceptors (Lipinski definition) is 4. The lowest BCUT2D eigenvalue weighted by atomic mass is 10.0. The molecule has 0 heterocycles. The standard InChI is InChI=1S/C14H14N2OS2/c1-10(9-19-14(18)16(2)3)13(17)12-6-4-11(8-15)5-7-12/h4-7H,1,9H2,2-3H3. The minimum Gasteiger partial charge on any atom is -0.364 e. The van der Waals surface area contributed by atoms with E-state index < -0.39 is 0 Å². The quantitative estimate of drug-likeness (QED) is 0.485. The van der Waals surface area contributed by atoms with E-state index in [1.165, 1.54) is 11.8 Å². The molecule has 0 unspecified atom stereocenters. The molecule has 0 aliphatic rings. The van der Waals surface area contributed by atoms with E-state index in [1.54, 1.807) is 24.3 Å². The lowest BCUT2D eigenvalue weighted by Crippen LogP contribution is -2.17. The average Bonchev–Trinajstić information content (AvgIpc) is 2.43. The molecular weight excluding hydrogens is 276 g/mol. The Morgan fingerprint density at radius 1 is 1.42 bits per heavy atom. The Morgan fingerprint density at radius 3 is 2.47 bits per heavy atom. The Kier molecular flexibility index (Phi) is 5.74. The van der Waals surface area contributed by atoms with Crippen LogP contribution in [-0.4, -0.2) is 34.9 Å². The molecule has 1 rings (SSSR count). The monoisotopic (exact) mass is 290 g/mol. The fourth-order valence-corrected chi connectivity index (χ4v) is 2.11. The van der Waals surface area contributed by atoms with Crippen molar-refractivity contribution in [2.24, 2.45) is 0 Å². The van der Waals surface area contributed by atoms with E-state index in [-0.39, 0.29) is 5.78 Å². The van der Waals surface area contributed by atoms with Crippen molar-refractivity contribution in [3.8, 4) is 6.07 Å². The summed E-state index contributed by atoms with van der Waals surface area (Å²) in [5.41, 5.74) is 1.57.